The maximum absolute atomic E-state index is 14.3. The Labute approximate surface area is 327 Å². The van der Waals surface area contributed by atoms with E-state index in [1.165, 1.54) is 24.6 Å². The average molecular weight is 880 g/mol. The molecule has 1 aliphatic rings. The normalized spacial score (nSPS) is 13.9. The van der Waals surface area contributed by atoms with Crippen LogP contribution in [0.2, 0.25) is 0 Å². The van der Waals surface area contributed by atoms with Crippen molar-refractivity contribution < 1.29 is 74.1 Å². The maximum atomic E-state index is 14.3. The predicted molar refractivity (Wildman–Crippen MR) is 187 cm³/mol. The van der Waals surface area contributed by atoms with Crippen molar-refractivity contribution in [1.82, 2.24) is 15.0 Å². The van der Waals surface area contributed by atoms with Gasteiger partial charge >= 0.3 is 27.1 Å². The summed E-state index contributed by atoms with van der Waals surface area (Å²) in [5.41, 5.74) is 0.350. The summed E-state index contributed by atoms with van der Waals surface area (Å²) in [6.07, 6.45) is 8.39. The third-order valence-corrected chi connectivity index (χ3v) is 9.43. The standard InChI is InChI=1S/C30H27FN8O12S3.CH2.Cu/c1-2-52(43,44)13-12-51-11-10-32-29-35-28(31)36-30(37-29)34-24-16-21(54(48,49)50)14-19(25(24)40)17-33-26(18-6-4-3-5-7-18)39-38-23-15-20(53(45,46)47)8-9-22(23)27(41)42;;/h2-9,14-16,40H,1,10-13H2,(H,41,42)(H,45,46,47)(H,48,49,50)(H2,32,34,35,36,37);1H2;/q-2;;/p-4. The van der Waals surface area contributed by atoms with Crippen LogP contribution in [-0.2, 0) is 50.4 Å². The molecule has 3 aromatic rings. The Hall–Kier alpha value is -5.53. The molecule has 2 N–H and O–H groups in total. The summed E-state index contributed by atoms with van der Waals surface area (Å²) in [7, 11) is -13.8. The third-order valence-electron chi connectivity index (χ3n) is 6.55. The van der Waals surface area contributed by atoms with Gasteiger partial charge < -0.3 is 44.5 Å². The summed E-state index contributed by atoms with van der Waals surface area (Å²) in [6, 6.07) is 3.35. The van der Waals surface area contributed by atoms with Crippen molar-refractivity contribution >= 4 is 71.0 Å². The van der Waals surface area contributed by atoms with Gasteiger partial charge in [0.15, 0.2) is 9.84 Å². The second kappa shape index (κ2) is 19.9. The molecule has 25 heteroatoms. The number of carboxylic acid groups (broad SMARTS) is 1. The number of allylic oxidation sites excluding steroid dienone is 5. The van der Waals surface area contributed by atoms with Crippen LogP contribution in [0.15, 0.2) is 103 Å². The van der Waals surface area contributed by atoms with Crippen LogP contribution < -0.4 is 20.8 Å². The molecule has 20 nitrogen and oxygen atoms in total. The second-order valence-electron chi connectivity index (χ2n) is 10.3. The SMILES string of the molecule is C=CS(=O)(=O)CCOCCNc1nc(F)nc(Nc2cc(S(=O)(=O)[O-])cc([C-]=NC(N=Nc3cc(S(=O)(=O)[O-])ccc3C(=O)[O-])=C3C=CC=C[CH-]3)c2[O-])n1.[CH2]=[Cu]. The number of aromatic nitrogens is 3. The molecule has 303 valence electrons. The van der Waals surface area contributed by atoms with Crippen molar-refractivity contribution in [1.29, 1.82) is 0 Å². The molecular weight excluding hydrogens is 855 g/mol. The number of benzene rings is 2. The molecule has 1 aromatic heterocycles. The van der Waals surface area contributed by atoms with Crippen LogP contribution >= 0.6 is 0 Å². The third kappa shape index (κ3) is 13.3. The fourth-order valence-electron chi connectivity index (χ4n) is 3.99. The zero-order valence-electron chi connectivity index (χ0n) is 28.1. The zero-order chi connectivity index (χ0) is 41.7. The molecule has 0 bridgehead atoms. The molecule has 0 atom stereocenters. The quantitative estimate of drug-likeness (QED) is 0.0467. The van der Waals surface area contributed by atoms with Gasteiger partial charge in [0.1, 0.15) is 20.2 Å². The monoisotopic (exact) mass is 879 g/mol. The van der Waals surface area contributed by atoms with E-state index in [9.17, 15) is 53.8 Å². The van der Waals surface area contributed by atoms with Crippen LogP contribution in [-0.4, -0.2) is 92.4 Å². The molecule has 56 heavy (non-hydrogen) atoms. The molecule has 4 rings (SSSR count). The Bertz CT molecular complexity index is 2480. The predicted octanol–water partition coefficient (Wildman–Crippen LogP) is 0.573. The number of azo groups is 1. The van der Waals surface area contributed by atoms with Crippen molar-refractivity contribution in [2.45, 2.75) is 9.79 Å². The molecule has 0 amide bonds. The van der Waals surface area contributed by atoms with Gasteiger partial charge in [-0.2, -0.15) is 35.3 Å². The molecule has 0 radical (unpaired) electrons. The Balaban J connectivity index is 0.00000414. The van der Waals surface area contributed by atoms with Crippen molar-refractivity contribution in [2.75, 3.05) is 36.1 Å². The van der Waals surface area contributed by atoms with E-state index in [0.717, 1.165) is 17.5 Å². The number of aromatic carboxylic acids is 1. The number of nitrogens with zero attached hydrogens (tertiary/aromatic N) is 6. The minimum atomic E-state index is -5.26. The summed E-state index contributed by atoms with van der Waals surface area (Å²) in [4.78, 5) is 24.5. The number of anilines is 3. The van der Waals surface area contributed by atoms with E-state index >= 15 is 0 Å². The molecule has 0 spiro atoms. The Kier molecular flexibility index (Phi) is 15.9. The summed E-state index contributed by atoms with van der Waals surface area (Å²) in [5.74, 6) is -4.61. The Morgan fingerprint density at radius 2 is 1.70 bits per heavy atom. The average Bonchev–Trinajstić information content (AvgIpc) is 3.14. The number of carbonyl (C=O) groups is 1. The van der Waals surface area contributed by atoms with Crippen LogP contribution in [0.5, 0.6) is 5.75 Å². The number of hydrogen-bond acceptors (Lipinski definition) is 20. The summed E-state index contributed by atoms with van der Waals surface area (Å²) >= 11 is 3.94. The number of ether oxygens (including phenoxy) is 1. The van der Waals surface area contributed by atoms with Crippen LogP contribution in [0.1, 0.15) is 15.9 Å². The minimum absolute atomic E-state index is 0.0431. The molecule has 1 heterocycles. The molecule has 0 unspecified atom stereocenters. The van der Waals surface area contributed by atoms with Crippen molar-refractivity contribution in [2.24, 2.45) is 15.2 Å². The number of aliphatic imine (C=N–C) groups is 1. The molecule has 0 saturated carbocycles. The number of rotatable bonds is 17. The number of nitrogens with one attached hydrogen (secondary N) is 2. The fourth-order valence-corrected chi connectivity index (χ4v) is 5.52. The Morgan fingerprint density at radius 3 is 2.32 bits per heavy atom. The van der Waals surface area contributed by atoms with E-state index in [2.05, 4.69) is 74.6 Å². The second-order valence-corrected chi connectivity index (χ2v) is 15.1. The number of hydrogen-bond donors (Lipinski definition) is 2. The molecule has 0 fully saturated rings. The number of carbonyl (C=O) groups excluding carboxylic acids is 1. The topological polar surface area (TPSA) is 321 Å². The van der Waals surface area contributed by atoms with Crippen LogP contribution in [0.25, 0.3) is 0 Å². The van der Waals surface area contributed by atoms with E-state index in [0.29, 0.717) is 18.2 Å². The Morgan fingerprint density at radius 1 is 1.00 bits per heavy atom. The molecule has 0 saturated heterocycles. The van der Waals surface area contributed by atoms with Gasteiger partial charge in [-0.05, 0) is 36.2 Å². The van der Waals surface area contributed by atoms with Gasteiger partial charge in [0.05, 0.1) is 41.3 Å². The van der Waals surface area contributed by atoms with Gasteiger partial charge in [0, 0.05) is 22.4 Å². The van der Waals surface area contributed by atoms with Crippen LogP contribution in [0, 0.1) is 12.5 Å². The van der Waals surface area contributed by atoms with Gasteiger partial charge in [0.25, 0.3) is 0 Å². The first-order valence-corrected chi connectivity index (χ1v) is 20.1. The van der Waals surface area contributed by atoms with Crippen LogP contribution in [0.3, 0.4) is 0 Å². The van der Waals surface area contributed by atoms with Crippen molar-refractivity contribution in [3.63, 3.8) is 0 Å². The van der Waals surface area contributed by atoms with E-state index < -0.39 is 91.9 Å². The number of carboxylic acids is 1. The van der Waals surface area contributed by atoms with Gasteiger partial charge in [-0.15, -0.1) is 47.9 Å². The van der Waals surface area contributed by atoms with E-state index in [1.807, 2.05) is 0 Å². The zero-order valence-corrected chi connectivity index (χ0v) is 31.5. The van der Waals surface area contributed by atoms with E-state index in [1.54, 1.807) is 6.08 Å². The summed E-state index contributed by atoms with van der Waals surface area (Å²) in [6.45, 7) is 2.91. The molecule has 1 aliphatic carbocycles. The van der Waals surface area contributed by atoms with Crippen molar-refractivity contribution in [3.05, 3.63) is 102 Å². The fraction of sp³-hybridized carbons (Fsp3) is 0.129. The first kappa shape index (κ1) is 44.9. The van der Waals surface area contributed by atoms with Gasteiger partial charge in [-0.1, -0.05) is 6.58 Å². The number of halogens is 1. The summed E-state index contributed by atoms with van der Waals surface area (Å²) in [5, 5.41) is 38.2. The van der Waals surface area contributed by atoms with Gasteiger partial charge in [-0.3, -0.25) is 0 Å². The number of sulfone groups is 1. The molecular formula is C31H25CuFN8O12S3-6. The van der Waals surface area contributed by atoms with Gasteiger partial charge in [0.2, 0.25) is 11.9 Å². The van der Waals surface area contributed by atoms with E-state index in [4.69, 9.17) is 4.74 Å². The molecule has 0 aliphatic heterocycles. The van der Waals surface area contributed by atoms with Crippen molar-refractivity contribution in [3.8, 4) is 5.75 Å². The first-order valence-electron chi connectivity index (χ1n) is 14.9. The van der Waals surface area contributed by atoms with Gasteiger partial charge in [-0.25, -0.2) is 25.3 Å². The molecule has 2 aromatic carbocycles. The van der Waals surface area contributed by atoms with E-state index in [-0.39, 0.29) is 37.0 Å². The summed E-state index contributed by atoms with van der Waals surface area (Å²) < 4.78 is 113. The van der Waals surface area contributed by atoms with Crippen LogP contribution in [0.4, 0.5) is 27.7 Å². The first-order chi connectivity index (χ1) is 26.4.